The minimum atomic E-state index is -3.36. The number of hydrogen-bond acceptors (Lipinski definition) is 4. The Labute approximate surface area is 157 Å². The quantitative estimate of drug-likeness (QED) is 0.796. The first-order valence-corrected chi connectivity index (χ1v) is 10.7. The fourth-order valence-electron chi connectivity index (χ4n) is 2.09. The van der Waals surface area contributed by atoms with Gasteiger partial charge in [-0.15, -0.1) is 11.3 Å². The monoisotopic (exact) mass is 400 g/mol. The molecule has 2 aromatic rings. The second-order valence-electron chi connectivity index (χ2n) is 6.78. The van der Waals surface area contributed by atoms with Crippen LogP contribution >= 0.6 is 22.9 Å². The van der Waals surface area contributed by atoms with Gasteiger partial charge >= 0.3 is 0 Å². The summed E-state index contributed by atoms with van der Waals surface area (Å²) in [6.07, 6.45) is 1.07. The van der Waals surface area contributed by atoms with Crippen LogP contribution < -0.4 is 10.0 Å². The number of amides is 1. The molecule has 25 heavy (non-hydrogen) atoms. The van der Waals surface area contributed by atoms with E-state index in [2.05, 4.69) is 30.8 Å². The summed E-state index contributed by atoms with van der Waals surface area (Å²) in [5.74, 6) is -0.157. The van der Waals surface area contributed by atoms with Crippen LogP contribution in [-0.2, 0) is 22.0 Å². The van der Waals surface area contributed by atoms with Crippen molar-refractivity contribution in [1.82, 2.24) is 5.32 Å². The van der Waals surface area contributed by atoms with Crippen molar-refractivity contribution in [2.45, 2.75) is 32.7 Å². The molecule has 0 unspecified atom stereocenters. The topological polar surface area (TPSA) is 75.3 Å². The number of thiophene rings is 1. The van der Waals surface area contributed by atoms with Crippen LogP contribution in [0.15, 0.2) is 30.3 Å². The first-order valence-electron chi connectivity index (χ1n) is 7.60. The fourth-order valence-corrected chi connectivity index (χ4v) is 3.88. The van der Waals surface area contributed by atoms with E-state index in [1.54, 1.807) is 12.1 Å². The van der Waals surface area contributed by atoms with Crippen molar-refractivity contribution in [3.05, 3.63) is 50.7 Å². The van der Waals surface area contributed by atoms with E-state index < -0.39 is 10.0 Å². The maximum absolute atomic E-state index is 12.3. The van der Waals surface area contributed by atoms with Gasteiger partial charge in [-0.25, -0.2) is 8.42 Å². The average molecular weight is 401 g/mol. The Bertz CT molecular complexity index is 884. The van der Waals surface area contributed by atoms with Crippen molar-refractivity contribution >= 4 is 44.6 Å². The number of benzene rings is 1. The zero-order valence-corrected chi connectivity index (χ0v) is 16.9. The predicted octanol–water partition coefficient (Wildman–Crippen LogP) is 4.00. The summed E-state index contributed by atoms with van der Waals surface area (Å²) >= 11 is 7.64. The molecule has 5 nitrogen and oxygen atoms in total. The van der Waals surface area contributed by atoms with E-state index in [9.17, 15) is 13.2 Å². The Hall–Kier alpha value is -1.57. The summed E-state index contributed by atoms with van der Waals surface area (Å²) < 4.78 is 24.8. The fraction of sp³-hybridized carbons (Fsp3) is 0.353. The van der Waals surface area contributed by atoms with Crippen LogP contribution in [0.25, 0.3) is 0 Å². The van der Waals surface area contributed by atoms with E-state index >= 15 is 0 Å². The Balaban J connectivity index is 2.03. The molecule has 0 fully saturated rings. The van der Waals surface area contributed by atoms with Gasteiger partial charge in [-0.05, 0) is 35.2 Å². The molecule has 0 aliphatic rings. The SMILES string of the molecule is CC(C)(C)c1ccc(C(=O)NCc2ccc(NS(C)(=O)=O)cc2Cl)s1. The lowest BCUT2D eigenvalue weighted by atomic mass is 9.95. The molecule has 0 aliphatic heterocycles. The van der Waals surface area contributed by atoms with Gasteiger partial charge in [0.25, 0.3) is 5.91 Å². The average Bonchev–Trinajstić information content (AvgIpc) is 2.94. The Morgan fingerprint density at radius 3 is 2.40 bits per heavy atom. The number of rotatable bonds is 5. The number of hydrogen-bond donors (Lipinski definition) is 2. The molecule has 8 heteroatoms. The Morgan fingerprint density at radius 2 is 1.88 bits per heavy atom. The van der Waals surface area contributed by atoms with Gasteiger partial charge in [0, 0.05) is 22.1 Å². The Kier molecular flexibility index (Phi) is 5.81. The molecule has 2 rings (SSSR count). The Morgan fingerprint density at radius 1 is 1.20 bits per heavy atom. The van der Waals surface area contributed by atoms with Gasteiger partial charge in [-0.2, -0.15) is 0 Å². The van der Waals surface area contributed by atoms with Crippen LogP contribution in [0.5, 0.6) is 0 Å². The molecule has 2 N–H and O–H groups in total. The molecule has 0 aliphatic carbocycles. The van der Waals surface area contributed by atoms with Crippen LogP contribution in [0.4, 0.5) is 5.69 Å². The summed E-state index contributed by atoms with van der Waals surface area (Å²) in [5.41, 5.74) is 1.10. The highest BCUT2D eigenvalue weighted by molar-refractivity contribution is 7.92. The molecule has 0 bridgehead atoms. The number of nitrogens with one attached hydrogen (secondary N) is 2. The number of halogens is 1. The second-order valence-corrected chi connectivity index (χ2v) is 10.0. The van der Waals surface area contributed by atoms with Crippen molar-refractivity contribution in [2.75, 3.05) is 11.0 Å². The summed E-state index contributed by atoms with van der Waals surface area (Å²) in [4.78, 5) is 14.1. The third kappa shape index (κ3) is 5.73. The van der Waals surface area contributed by atoms with E-state index in [1.165, 1.54) is 17.4 Å². The molecule has 0 spiro atoms. The highest BCUT2D eigenvalue weighted by Crippen LogP contribution is 2.29. The van der Waals surface area contributed by atoms with Crippen molar-refractivity contribution in [1.29, 1.82) is 0 Å². The van der Waals surface area contributed by atoms with Gasteiger partial charge in [0.05, 0.1) is 11.1 Å². The number of carbonyl (C=O) groups excluding carboxylic acids is 1. The van der Waals surface area contributed by atoms with E-state index in [4.69, 9.17) is 11.6 Å². The lowest BCUT2D eigenvalue weighted by molar-refractivity contribution is 0.0955. The number of carbonyl (C=O) groups is 1. The van der Waals surface area contributed by atoms with Crippen molar-refractivity contribution in [3.8, 4) is 0 Å². The molecule has 0 saturated carbocycles. The largest absolute Gasteiger partial charge is 0.347 e. The van der Waals surface area contributed by atoms with Crippen molar-refractivity contribution < 1.29 is 13.2 Å². The standard InChI is InChI=1S/C17H21ClN2O3S2/c1-17(2,3)15-8-7-14(24-15)16(21)19-10-11-5-6-12(9-13(11)18)20-25(4,22)23/h5-9,20H,10H2,1-4H3,(H,19,21). The molecule has 0 radical (unpaired) electrons. The van der Waals surface area contributed by atoms with E-state index in [1.807, 2.05) is 12.1 Å². The van der Waals surface area contributed by atoms with Crippen LogP contribution in [0, 0.1) is 0 Å². The number of anilines is 1. The third-order valence-electron chi connectivity index (χ3n) is 3.36. The molecule has 1 heterocycles. The molecule has 1 aromatic carbocycles. The van der Waals surface area contributed by atoms with E-state index in [0.29, 0.717) is 21.2 Å². The van der Waals surface area contributed by atoms with Crippen molar-refractivity contribution in [2.24, 2.45) is 0 Å². The van der Waals surface area contributed by atoms with E-state index in [-0.39, 0.29) is 17.9 Å². The lowest BCUT2D eigenvalue weighted by Crippen LogP contribution is -2.22. The molecule has 0 saturated heterocycles. The predicted molar refractivity (Wildman–Crippen MR) is 104 cm³/mol. The minimum absolute atomic E-state index is 0.00888. The van der Waals surface area contributed by atoms with Gasteiger partial charge in [0.1, 0.15) is 0 Å². The maximum Gasteiger partial charge on any atom is 0.261 e. The minimum Gasteiger partial charge on any atom is -0.347 e. The molecule has 1 amide bonds. The first-order chi connectivity index (χ1) is 11.5. The second kappa shape index (κ2) is 7.35. The molecule has 136 valence electrons. The first kappa shape index (κ1) is 19.8. The van der Waals surface area contributed by atoms with Gasteiger partial charge in [-0.1, -0.05) is 38.4 Å². The lowest BCUT2D eigenvalue weighted by Gasteiger charge is -2.15. The van der Waals surface area contributed by atoms with Crippen LogP contribution in [-0.4, -0.2) is 20.6 Å². The van der Waals surface area contributed by atoms with Gasteiger partial charge in [0.15, 0.2) is 0 Å². The summed E-state index contributed by atoms with van der Waals surface area (Å²) in [7, 11) is -3.36. The van der Waals surface area contributed by atoms with Crippen molar-refractivity contribution in [3.63, 3.8) is 0 Å². The molecule has 1 aromatic heterocycles. The van der Waals surface area contributed by atoms with Crippen LogP contribution in [0.1, 0.15) is 40.9 Å². The third-order valence-corrected chi connectivity index (χ3v) is 5.83. The summed E-state index contributed by atoms with van der Waals surface area (Å²) in [5, 5.41) is 3.22. The van der Waals surface area contributed by atoms with Crippen LogP contribution in [0.2, 0.25) is 5.02 Å². The van der Waals surface area contributed by atoms with Gasteiger partial charge in [-0.3, -0.25) is 9.52 Å². The summed E-state index contributed by atoms with van der Waals surface area (Å²) in [6.45, 7) is 6.57. The highest BCUT2D eigenvalue weighted by atomic mass is 35.5. The molecule has 0 atom stereocenters. The van der Waals surface area contributed by atoms with Gasteiger partial charge in [0.2, 0.25) is 10.0 Å². The highest BCUT2D eigenvalue weighted by Gasteiger charge is 2.18. The smallest absolute Gasteiger partial charge is 0.261 e. The number of sulfonamides is 1. The molecular weight excluding hydrogens is 380 g/mol. The van der Waals surface area contributed by atoms with E-state index in [0.717, 1.165) is 11.1 Å². The zero-order chi connectivity index (χ0) is 18.8. The maximum atomic E-state index is 12.3. The van der Waals surface area contributed by atoms with Crippen LogP contribution in [0.3, 0.4) is 0 Å². The normalized spacial score (nSPS) is 12.0. The van der Waals surface area contributed by atoms with Gasteiger partial charge < -0.3 is 5.32 Å². The molecular formula is C17H21ClN2O3S2. The zero-order valence-electron chi connectivity index (χ0n) is 14.5. The summed E-state index contributed by atoms with van der Waals surface area (Å²) in [6, 6.07) is 8.61.